The van der Waals surface area contributed by atoms with Crippen molar-refractivity contribution in [3.63, 3.8) is 0 Å². The van der Waals surface area contributed by atoms with E-state index in [9.17, 15) is 18.0 Å². The molecule has 2 aromatic carbocycles. The lowest BCUT2D eigenvalue weighted by Crippen LogP contribution is -2.52. The molecule has 0 saturated heterocycles. The third-order valence-electron chi connectivity index (χ3n) is 5.10. The monoisotopic (exact) mass is 485 g/mol. The lowest BCUT2D eigenvalue weighted by molar-refractivity contribution is -0.126. The highest BCUT2D eigenvalue weighted by atomic mass is 32.2. The lowest BCUT2D eigenvalue weighted by Gasteiger charge is -2.30. The maximum absolute atomic E-state index is 13.3. The first-order valence-corrected chi connectivity index (χ1v) is 12.1. The minimum Gasteiger partial charge on any atom is -0.497 e. The molecular weight excluding hydrogens is 458 g/mol. The van der Waals surface area contributed by atoms with Crippen molar-refractivity contribution >= 4 is 27.5 Å². The number of amides is 2. The Bertz CT molecular complexity index is 1180. The molecule has 0 aliphatic carbocycles. The van der Waals surface area contributed by atoms with Crippen molar-refractivity contribution in [2.45, 2.75) is 30.8 Å². The lowest BCUT2D eigenvalue weighted by atomic mass is 10.1. The van der Waals surface area contributed by atoms with Crippen LogP contribution in [0.15, 0.2) is 82.3 Å². The van der Waals surface area contributed by atoms with Crippen LogP contribution in [-0.2, 0) is 26.2 Å². The second kappa shape index (κ2) is 11.5. The normalized spacial score (nSPS) is 12.1. The number of methoxy groups -OCH3 is 1. The summed E-state index contributed by atoms with van der Waals surface area (Å²) in [5.74, 6) is 0.177. The van der Waals surface area contributed by atoms with E-state index >= 15 is 0 Å². The average Bonchev–Trinajstić information content (AvgIpc) is 3.39. The minimum atomic E-state index is -3.90. The van der Waals surface area contributed by atoms with Gasteiger partial charge >= 0.3 is 0 Å². The molecule has 0 saturated carbocycles. The molecule has 3 aromatic rings. The van der Waals surface area contributed by atoms with Crippen LogP contribution in [-0.4, -0.2) is 39.9 Å². The van der Waals surface area contributed by atoms with Crippen LogP contribution in [0.1, 0.15) is 19.1 Å². The Kier molecular flexibility index (Phi) is 8.44. The molecule has 2 amide bonds. The summed E-state index contributed by atoms with van der Waals surface area (Å²) in [5, 5.41) is 2.77. The molecule has 3 rings (SSSR count). The van der Waals surface area contributed by atoms with E-state index in [4.69, 9.17) is 9.15 Å². The van der Waals surface area contributed by atoms with Crippen molar-refractivity contribution in [2.24, 2.45) is 0 Å². The number of nitrogens with zero attached hydrogens (tertiary/aromatic N) is 1. The number of furan rings is 1. The topological polar surface area (TPSA) is 118 Å². The Labute approximate surface area is 198 Å². The molecular formula is C24H27N3O6S. The van der Waals surface area contributed by atoms with Gasteiger partial charge in [-0.25, -0.2) is 13.1 Å². The number of anilines is 1. The fraction of sp³-hybridized carbons (Fsp3) is 0.250. The summed E-state index contributed by atoms with van der Waals surface area (Å²) in [6.45, 7) is 1.41. The molecule has 1 atom stereocenters. The van der Waals surface area contributed by atoms with Crippen LogP contribution in [0, 0.1) is 0 Å². The van der Waals surface area contributed by atoms with Gasteiger partial charge in [-0.2, -0.15) is 0 Å². The van der Waals surface area contributed by atoms with E-state index in [1.54, 1.807) is 61.5 Å². The number of carbonyl (C=O) groups excluding carboxylic acids is 2. The van der Waals surface area contributed by atoms with Gasteiger partial charge in [0.2, 0.25) is 21.8 Å². The van der Waals surface area contributed by atoms with Crippen molar-refractivity contribution in [2.75, 3.05) is 18.6 Å². The Hall–Kier alpha value is -3.63. The van der Waals surface area contributed by atoms with Crippen molar-refractivity contribution in [1.29, 1.82) is 0 Å². The third kappa shape index (κ3) is 6.24. The Morgan fingerprint density at radius 3 is 2.32 bits per heavy atom. The summed E-state index contributed by atoms with van der Waals surface area (Å²) >= 11 is 0. The zero-order valence-electron chi connectivity index (χ0n) is 18.9. The number of nitrogens with one attached hydrogen (secondary N) is 2. The standard InChI is InChI=1S/C24H27N3O6S/c1-3-22(24(29)25-16-20-8-7-15-33-20)27(18-11-13-19(32-2)14-12-18)23(28)17-26-34(30,31)21-9-5-4-6-10-21/h4-15,22,26H,3,16-17H2,1-2H3,(H,25,29)/t22-/m0/s1. The fourth-order valence-electron chi connectivity index (χ4n) is 3.36. The van der Waals surface area contributed by atoms with Crippen LogP contribution in [0.25, 0.3) is 0 Å². The predicted molar refractivity (Wildman–Crippen MR) is 127 cm³/mol. The number of sulfonamides is 1. The third-order valence-corrected chi connectivity index (χ3v) is 6.52. The predicted octanol–water partition coefficient (Wildman–Crippen LogP) is 2.69. The number of ether oxygens (including phenoxy) is 1. The second-order valence-electron chi connectivity index (χ2n) is 7.32. The number of hydrogen-bond acceptors (Lipinski definition) is 6. The molecule has 0 aliphatic heterocycles. The second-order valence-corrected chi connectivity index (χ2v) is 9.09. The van der Waals surface area contributed by atoms with Crippen molar-refractivity contribution in [1.82, 2.24) is 10.0 Å². The quantitative estimate of drug-likeness (QED) is 0.431. The Balaban J connectivity index is 1.82. The molecule has 1 aromatic heterocycles. The first-order chi connectivity index (χ1) is 16.4. The molecule has 9 nitrogen and oxygen atoms in total. The van der Waals surface area contributed by atoms with E-state index < -0.39 is 34.4 Å². The molecule has 0 bridgehead atoms. The Morgan fingerprint density at radius 2 is 1.74 bits per heavy atom. The van der Waals surface area contributed by atoms with E-state index in [-0.39, 0.29) is 11.4 Å². The maximum Gasteiger partial charge on any atom is 0.243 e. The minimum absolute atomic E-state index is 0.0435. The van der Waals surface area contributed by atoms with Crippen molar-refractivity contribution in [3.8, 4) is 5.75 Å². The highest BCUT2D eigenvalue weighted by Crippen LogP contribution is 2.23. The van der Waals surface area contributed by atoms with Gasteiger partial charge in [0.1, 0.15) is 17.6 Å². The van der Waals surface area contributed by atoms with E-state index in [0.29, 0.717) is 23.6 Å². The molecule has 0 aliphatic rings. The smallest absolute Gasteiger partial charge is 0.243 e. The van der Waals surface area contributed by atoms with Crippen LogP contribution in [0.2, 0.25) is 0 Å². The zero-order valence-corrected chi connectivity index (χ0v) is 19.7. The summed E-state index contributed by atoms with van der Waals surface area (Å²) in [6.07, 6.45) is 1.80. The zero-order chi connectivity index (χ0) is 24.6. The number of hydrogen-bond donors (Lipinski definition) is 2. The number of rotatable bonds is 11. The van der Waals surface area contributed by atoms with Gasteiger partial charge in [-0.3, -0.25) is 14.5 Å². The van der Waals surface area contributed by atoms with Crippen molar-refractivity contribution < 1.29 is 27.2 Å². The highest BCUT2D eigenvalue weighted by Gasteiger charge is 2.30. The first-order valence-electron chi connectivity index (χ1n) is 10.7. The van der Waals surface area contributed by atoms with Crippen LogP contribution >= 0.6 is 0 Å². The highest BCUT2D eigenvalue weighted by molar-refractivity contribution is 7.89. The average molecular weight is 486 g/mol. The van der Waals surface area contributed by atoms with Gasteiger partial charge in [0.05, 0.1) is 31.4 Å². The molecule has 0 unspecified atom stereocenters. The van der Waals surface area contributed by atoms with Crippen LogP contribution in [0.4, 0.5) is 5.69 Å². The summed E-state index contributed by atoms with van der Waals surface area (Å²) < 4.78 is 38.0. The molecule has 10 heteroatoms. The van der Waals surface area contributed by atoms with Gasteiger partial charge in [-0.15, -0.1) is 0 Å². The van der Waals surface area contributed by atoms with E-state index in [0.717, 1.165) is 0 Å². The Morgan fingerprint density at radius 1 is 1.03 bits per heavy atom. The van der Waals surface area contributed by atoms with Gasteiger partial charge in [0, 0.05) is 5.69 Å². The SMILES string of the molecule is CC[C@@H](C(=O)NCc1ccco1)N(C(=O)CNS(=O)(=O)c1ccccc1)c1ccc(OC)cc1. The summed E-state index contributed by atoms with van der Waals surface area (Å²) in [6, 6.07) is 16.9. The summed E-state index contributed by atoms with van der Waals surface area (Å²) in [4.78, 5) is 27.6. The molecule has 1 heterocycles. The maximum atomic E-state index is 13.3. The summed E-state index contributed by atoms with van der Waals surface area (Å²) in [7, 11) is -2.38. The van der Waals surface area contributed by atoms with Gasteiger partial charge < -0.3 is 14.5 Å². The van der Waals surface area contributed by atoms with E-state index in [2.05, 4.69) is 10.0 Å². The fourth-order valence-corrected chi connectivity index (χ4v) is 4.35. The summed E-state index contributed by atoms with van der Waals surface area (Å²) in [5.41, 5.74) is 0.435. The molecule has 0 spiro atoms. The molecule has 2 N–H and O–H groups in total. The van der Waals surface area contributed by atoms with Crippen LogP contribution in [0.3, 0.4) is 0 Å². The van der Waals surface area contributed by atoms with E-state index in [1.807, 2.05) is 0 Å². The first kappa shape index (κ1) is 25.0. The number of benzene rings is 2. The van der Waals surface area contributed by atoms with Crippen LogP contribution in [0.5, 0.6) is 5.75 Å². The van der Waals surface area contributed by atoms with Gasteiger partial charge in [-0.1, -0.05) is 25.1 Å². The van der Waals surface area contributed by atoms with Crippen LogP contribution < -0.4 is 19.7 Å². The molecule has 0 fully saturated rings. The number of carbonyl (C=O) groups is 2. The molecule has 34 heavy (non-hydrogen) atoms. The van der Waals surface area contributed by atoms with Crippen molar-refractivity contribution in [3.05, 3.63) is 78.8 Å². The molecule has 180 valence electrons. The van der Waals surface area contributed by atoms with Gasteiger partial charge in [0.15, 0.2) is 0 Å². The molecule has 0 radical (unpaired) electrons. The largest absolute Gasteiger partial charge is 0.497 e. The van der Waals surface area contributed by atoms with Gasteiger partial charge in [0.25, 0.3) is 0 Å². The van der Waals surface area contributed by atoms with Gasteiger partial charge in [-0.05, 0) is 55.0 Å². The van der Waals surface area contributed by atoms with E-state index in [1.165, 1.54) is 30.4 Å².